The number of methoxy groups -OCH3 is 1. The summed E-state index contributed by atoms with van der Waals surface area (Å²) in [6.07, 6.45) is 5.24. The number of ether oxygens (including phenoxy) is 2. The second kappa shape index (κ2) is 12.0. The lowest BCUT2D eigenvalue weighted by Gasteiger charge is -2.11. The molecular formula is C20H25N5O6S2. The number of carbonyl (C=O) groups is 1. The molecule has 1 saturated heterocycles. The Labute approximate surface area is 196 Å². The van der Waals surface area contributed by atoms with Crippen molar-refractivity contribution < 1.29 is 27.5 Å². The van der Waals surface area contributed by atoms with Crippen LogP contribution in [0.25, 0.3) is 0 Å². The highest BCUT2D eigenvalue weighted by atomic mass is 32.2. The van der Waals surface area contributed by atoms with E-state index in [4.69, 9.17) is 14.3 Å². The van der Waals surface area contributed by atoms with E-state index >= 15 is 0 Å². The van der Waals surface area contributed by atoms with Crippen LogP contribution in [0, 0.1) is 0 Å². The molecule has 1 atom stereocenters. The fourth-order valence-corrected chi connectivity index (χ4v) is 4.09. The summed E-state index contributed by atoms with van der Waals surface area (Å²) in [5.74, 6) is -0.329. The lowest BCUT2D eigenvalue weighted by atomic mass is 10.1. The van der Waals surface area contributed by atoms with Crippen molar-refractivity contribution in [2.24, 2.45) is 5.16 Å². The first-order valence-electron chi connectivity index (χ1n) is 10.0. The average Bonchev–Trinajstić information content (AvgIpc) is 3.34. The van der Waals surface area contributed by atoms with E-state index in [1.54, 1.807) is 6.20 Å². The number of sulfonamides is 1. The van der Waals surface area contributed by atoms with E-state index < -0.39 is 15.9 Å². The van der Waals surface area contributed by atoms with Gasteiger partial charge in [-0.2, -0.15) is 0 Å². The average molecular weight is 496 g/mol. The third-order valence-corrected chi connectivity index (χ3v) is 6.62. The van der Waals surface area contributed by atoms with Gasteiger partial charge in [-0.05, 0) is 18.4 Å². The number of nitrogens with zero attached hydrogens (tertiary/aromatic N) is 3. The summed E-state index contributed by atoms with van der Waals surface area (Å²) in [5, 5.41) is 7.40. The number of hydrogen-bond donors (Lipinski definition) is 2. The number of amides is 1. The first-order chi connectivity index (χ1) is 15.9. The van der Waals surface area contributed by atoms with Crippen molar-refractivity contribution in [3.63, 3.8) is 0 Å². The Bertz CT molecular complexity index is 1060. The Morgan fingerprint density at radius 2 is 2.06 bits per heavy atom. The van der Waals surface area contributed by atoms with Crippen LogP contribution in [-0.2, 0) is 29.1 Å². The summed E-state index contributed by atoms with van der Waals surface area (Å²) in [6, 6.07) is 5.75. The molecule has 0 radical (unpaired) electrons. The molecule has 1 fully saturated rings. The highest BCUT2D eigenvalue weighted by molar-refractivity contribution is 7.98. The molecule has 178 valence electrons. The van der Waals surface area contributed by atoms with E-state index in [2.05, 4.69) is 25.2 Å². The first-order valence-corrected chi connectivity index (χ1v) is 12.7. The van der Waals surface area contributed by atoms with Crippen LogP contribution in [0.2, 0.25) is 0 Å². The van der Waals surface area contributed by atoms with Crippen LogP contribution in [0.1, 0.15) is 12.0 Å². The number of aromatic nitrogens is 2. The maximum Gasteiger partial charge on any atom is 0.279 e. The van der Waals surface area contributed by atoms with Gasteiger partial charge in [0.15, 0.2) is 17.6 Å². The standard InChI is InChI=1S/C20H25N5O6S2/c1-29-10-8-23-33(27,28)16-5-3-14(4-6-16)19(25-31-15-7-9-30-13-15)20(26)24-17-11-22-18(32-2)12-21-17/h3-6,11-12,15,23H,7-10,13H2,1-2H3,(H,21,24,26)/b25-19+/t15-/m1/s1. The van der Waals surface area contributed by atoms with Crippen LogP contribution in [-0.4, -0.2) is 75.8 Å². The molecule has 0 spiro atoms. The van der Waals surface area contributed by atoms with Gasteiger partial charge in [-0.3, -0.25) is 4.79 Å². The summed E-state index contributed by atoms with van der Waals surface area (Å²) < 4.78 is 37.3. The molecular weight excluding hydrogens is 470 g/mol. The van der Waals surface area contributed by atoms with Crippen molar-refractivity contribution in [3.05, 3.63) is 42.2 Å². The minimum atomic E-state index is -3.71. The van der Waals surface area contributed by atoms with Crippen molar-refractivity contribution in [2.45, 2.75) is 22.4 Å². The molecule has 0 bridgehead atoms. The smallest absolute Gasteiger partial charge is 0.279 e. The van der Waals surface area contributed by atoms with Gasteiger partial charge in [0.2, 0.25) is 10.0 Å². The number of anilines is 1. The summed E-state index contributed by atoms with van der Waals surface area (Å²) in [4.78, 5) is 26.8. The van der Waals surface area contributed by atoms with Crippen LogP contribution in [0.3, 0.4) is 0 Å². The zero-order valence-corrected chi connectivity index (χ0v) is 19.8. The number of nitrogens with one attached hydrogen (secondary N) is 2. The molecule has 1 aliphatic heterocycles. The Kier molecular flexibility index (Phi) is 9.14. The second-order valence-corrected chi connectivity index (χ2v) is 9.44. The molecule has 2 aromatic rings. The highest BCUT2D eigenvalue weighted by Gasteiger charge is 2.22. The molecule has 1 amide bonds. The van der Waals surface area contributed by atoms with Gasteiger partial charge in [0, 0.05) is 25.6 Å². The maximum absolute atomic E-state index is 13.0. The van der Waals surface area contributed by atoms with Crippen LogP contribution in [0.15, 0.2) is 51.7 Å². The molecule has 2 heterocycles. The minimum absolute atomic E-state index is 0.0334. The topological polar surface area (TPSA) is 141 Å². The molecule has 33 heavy (non-hydrogen) atoms. The Hall–Kier alpha value is -2.58. The van der Waals surface area contributed by atoms with Crippen molar-refractivity contribution in [1.29, 1.82) is 0 Å². The molecule has 0 unspecified atom stereocenters. The maximum atomic E-state index is 13.0. The normalized spacial score (nSPS) is 16.5. The number of benzene rings is 1. The third kappa shape index (κ3) is 7.20. The second-order valence-electron chi connectivity index (χ2n) is 6.84. The summed E-state index contributed by atoms with van der Waals surface area (Å²) in [6.45, 7) is 1.33. The minimum Gasteiger partial charge on any atom is -0.389 e. The third-order valence-electron chi connectivity index (χ3n) is 4.51. The molecule has 1 aromatic carbocycles. The molecule has 13 heteroatoms. The van der Waals surface area contributed by atoms with Gasteiger partial charge in [0.25, 0.3) is 5.91 Å². The van der Waals surface area contributed by atoms with Crippen LogP contribution < -0.4 is 10.0 Å². The van der Waals surface area contributed by atoms with E-state index in [1.807, 2.05) is 6.26 Å². The van der Waals surface area contributed by atoms with Gasteiger partial charge in [0.1, 0.15) is 5.03 Å². The SMILES string of the molecule is COCCNS(=O)(=O)c1ccc(/C(=N\O[C@@H]2CCOC2)C(=O)Nc2cnc(SC)cn2)cc1. The quantitative estimate of drug-likeness (QED) is 0.204. The fraction of sp³-hybridized carbons (Fsp3) is 0.400. The van der Waals surface area contributed by atoms with Gasteiger partial charge in [-0.25, -0.2) is 23.1 Å². The van der Waals surface area contributed by atoms with E-state index in [0.29, 0.717) is 30.2 Å². The molecule has 0 saturated carbocycles. The molecule has 11 nitrogen and oxygen atoms in total. The fourth-order valence-electron chi connectivity index (χ4n) is 2.76. The van der Waals surface area contributed by atoms with E-state index in [1.165, 1.54) is 49.3 Å². The number of thioether (sulfide) groups is 1. The molecule has 0 aliphatic carbocycles. The van der Waals surface area contributed by atoms with Gasteiger partial charge in [-0.1, -0.05) is 17.3 Å². The number of hydrogen-bond acceptors (Lipinski definition) is 10. The molecule has 1 aliphatic rings. The summed E-state index contributed by atoms with van der Waals surface area (Å²) in [7, 11) is -2.23. The number of carbonyl (C=O) groups excluding carboxylic acids is 1. The largest absolute Gasteiger partial charge is 0.389 e. The predicted molar refractivity (Wildman–Crippen MR) is 123 cm³/mol. The van der Waals surface area contributed by atoms with E-state index in [9.17, 15) is 13.2 Å². The molecule has 2 N–H and O–H groups in total. The lowest BCUT2D eigenvalue weighted by Crippen LogP contribution is -2.28. The van der Waals surface area contributed by atoms with Crippen LogP contribution in [0.5, 0.6) is 0 Å². The lowest BCUT2D eigenvalue weighted by molar-refractivity contribution is -0.110. The predicted octanol–water partition coefficient (Wildman–Crippen LogP) is 1.27. The number of oxime groups is 1. The van der Waals surface area contributed by atoms with E-state index in [-0.39, 0.29) is 35.7 Å². The van der Waals surface area contributed by atoms with Gasteiger partial charge in [0.05, 0.1) is 37.1 Å². The van der Waals surface area contributed by atoms with Gasteiger partial charge >= 0.3 is 0 Å². The highest BCUT2D eigenvalue weighted by Crippen LogP contribution is 2.15. The Morgan fingerprint density at radius 3 is 2.67 bits per heavy atom. The Morgan fingerprint density at radius 1 is 1.27 bits per heavy atom. The number of rotatable bonds is 11. The first kappa shape index (κ1) is 25.1. The van der Waals surface area contributed by atoms with Crippen LogP contribution in [0.4, 0.5) is 5.82 Å². The van der Waals surface area contributed by atoms with Gasteiger partial charge in [-0.15, -0.1) is 11.8 Å². The Balaban J connectivity index is 1.80. The molecule has 1 aromatic heterocycles. The van der Waals surface area contributed by atoms with Crippen molar-refractivity contribution in [1.82, 2.24) is 14.7 Å². The van der Waals surface area contributed by atoms with Crippen molar-refractivity contribution in [2.75, 3.05) is 45.0 Å². The molecule has 3 rings (SSSR count). The van der Waals surface area contributed by atoms with Crippen LogP contribution >= 0.6 is 11.8 Å². The summed E-state index contributed by atoms with van der Waals surface area (Å²) >= 11 is 1.43. The van der Waals surface area contributed by atoms with E-state index in [0.717, 1.165) is 0 Å². The summed E-state index contributed by atoms with van der Waals surface area (Å²) in [5.41, 5.74) is 0.338. The van der Waals surface area contributed by atoms with Crippen molar-refractivity contribution in [3.8, 4) is 0 Å². The zero-order valence-electron chi connectivity index (χ0n) is 18.2. The van der Waals surface area contributed by atoms with Gasteiger partial charge < -0.3 is 19.6 Å². The monoisotopic (exact) mass is 495 g/mol. The van der Waals surface area contributed by atoms with Crippen molar-refractivity contribution >= 4 is 39.2 Å². The zero-order chi connectivity index (χ0) is 23.7.